The standard InChI is InChI=1S/C20H38N6O2.HI/c1-6-21-20(22-9-7-8-18-24-19(16(4)5)25-28-18)23-14-17(15(2)3)26-10-12-27-13-11-26;/h15-17H,6-14H2,1-5H3,(H2,21,22,23);1H. The number of rotatable bonds is 10. The summed E-state index contributed by atoms with van der Waals surface area (Å²) in [6, 6.07) is 0.437. The van der Waals surface area contributed by atoms with Crippen molar-refractivity contribution in [1.82, 2.24) is 25.7 Å². The quantitative estimate of drug-likeness (QED) is 0.212. The van der Waals surface area contributed by atoms with Crippen LogP contribution in [0.25, 0.3) is 0 Å². The van der Waals surface area contributed by atoms with Crippen LogP contribution < -0.4 is 10.6 Å². The van der Waals surface area contributed by atoms with Gasteiger partial charge in [-0.1, -0.05) is 32.9 Å². The van der Waals surface area contributed by atoms with E-state index in [1.54, 1.807) is 0 Å². The van der Waals surface area contributed by atoms with E-state index in [9.17, 15) is 0 Å². The predicted octanol–water partition coefficient (Wildman–Crippen LogP) is 2.66. The summed E-state index contributed by atoms with van der Waals surface area (Å²) in [4.78, 5) is 11.8. The van der Waals surface area contributed by atoms with Crippen LogP contribution in [-0.2, 0) is 11.2 Å². The van der Waals surface area contributed by atoms with Crippen molar-refractivity contribution < 1.29 is 9.26 Å². The van der Waals surface area contributed by atoms with Crippen LogP contribution in [0.3, 0.4) is 0 Å². The SMILES string of the molecule is CCNC(=NCC(C(C)C)N1CCOCC1)NCCCc1nc(C(C)C)no1.I. The summed E-state index contributed by atoms with van der Waals surface area (Å²) in [5.74, 6) is 3.20. The van der Waals surface area contributed by atoms with Gasteiger partial charge in [-0.2, -0.15) is 4.98 Å². The van der Waals surface area contributed by atoms with Crippen molar-refractivity contribution in [2.45, 2.75) is 59.4 Å². The lowest BCUT2D eigenvalue weighted by molar-refractivity contribution is 0.00867. The summed E-state index contributed by atoms with van der Waals surface area (Å²) in [5, 5.41) is 10.8. The Morgan fingerprint density at radius 1 is 1.17 bits per heavy atom. The molecule has 1 aromatic rings. The van der Waals surface area contributed by atoms with Crippen LogP contribution in [0.2, 0.25) is 0 Å². The molecular formula is C20H39IN6O2. The molecule has 1 fully saturated rings. The van der Waals surface area contributed by atoms with E-state index in [4.69, 9.17) is 14.3 Å². The number of aromatic nitrogens is 2. The van der Waals surface area contributed by atoms with E-state index in [0.717, 1.165) is 70.6 Å². The number of aryl methyl sites for hydroxylation is 1. The van der Waals surface area contributed by atoms with Crippen molar-refractivity contribution in [3.05, 3.63) is 11.7 Å². The van der Waals surface area contributed by atoms with Gasteiger partial charge in [0, 0.05) is 44.6 Å². The maximum Gasteiger partial charge on any atom is 0.226 e. The number of hydrogen-bond acceptors (Lipinski definition) is 6. The first-order chi connectivity index (χ1) is 13.5. The Labute approximate surface area is 192 Å². The lowest BCUT2D eigenvalue weighted by Gasteiger charge is -2.36. The molecule has 9 heteroatoms. The number of halogens is 1. The molecule has 0 radical (unpaired) electrons. The van der Waals surface area contributed by atoms with Crippen LogP contribution in [0.1, 0.15) is 58.7 Å². The van der Waals surface area contributed by atoms with Gasteiger partial charge in [-0.25, -0.2) is 0 Å². The fourth-order valence-corrected chi connectivity index (χ4v) is 3.23. The van der Waals surface area contributed by atoms with Gasteiger partial charge in [0.25, 0.3) is 0 Å². The fourth-order valence-electron chi connectivity index (χ4n) is 3.23. The summed E-state index contributed by atoms with van der Waals surface area (Å²) in [6.45, 7) is 16.8. The molecule has 1 aliphatic heterocycles. The molecule has 2 heterocycles. The minimum Gasteiger partial charge on any atom is -0.379 e. The molecule has 1 saturated heterocycles. The fraction of sp³-hybridized carbons (Fsp3) is 0.850. The Hall–Kier alpha value is -0.940. The van der Waals surface area contributed by atoms with E-state index < -0.39 is 0 Å². The Bertz CT molecular complexity index is 587. The van der Waals surface area contributed by atoms with Crippen LogP contribution in [0, 0.1) is 5.92 Å². The van der Waals surface area contributed by atoms with Gasteiger partial charge in [0.1, 0.15) is 0 Å². The molecule has 1 aromatic heterocycles. The first-order valence-corrected chi connectivity index (χ1v) is 10.7. The second-order valence-corrected chi connectivity index (χ2v) is 7.91. The Morgan fingerprint density at radius 2 is 1.90 bits per heavy atom. The van der Waals surface area contributed by atoms with Gasteiger partial charge in [0.15, 0.2) is 11.8 Å². The lowest BCUT2D eigenvalue weighted by atomic mass is 10.0. The Morgan fingerprint density at radius 3 is 2.48 bits per heavy atom. The van der Waals surface area contributed by atoms with Gasteiger partial charge in [0.2, 0.25) is 5.89 Å². The number of nitrogens with one attached hydrogen (secondary N) is 2. The molecule has 1 atom stereocenters. The van der Waals surface area contributed by atoms with Crippen molar-refractivity contribution in [3.63, 3.8) is 0 Å². The van der Waals surface area contributed by atoms with Gasteiger partial charge >= 0.3 is 0 Å². The largest absolute Gasteiger partial charge is 0.379 e. The van der Waals surface area contributed by atoms with E-state index in [-0.39, 0.29) is 24.0 Å². The van der Waals surface area contributed by atoms with E-state index in [1.807, 2.05) is 0 Å². The number of aliphatic imine (C=N–C) groups is 1. The zero-order chi connectivity index (χ0) is 20.4. The van der Waals surface area contributed by atoms with Crippen molar-refractivity contribution in [2.24, 2.45) is 10.9 Å². The molecule has 0 saturated carbocycles. The third kappa shape index (κ3) is 9.17. The lowest BCUT2D eigenvalue weighted by Crippen LogP contribution is -2.48. The monoisotopic (exact) mass is 522 g/mol. The van der Waals surface area contributed by atoms with Crippen LogP contribution >= 0.6 is 24.0 Å². The number of morpholine rings is 1. The summed E-state index contributed by atoms with van der Waals surface area (Å²) < 4.78 is 10.8. The van der Waals surface area contributed by atoms with E-state index in [0.29, 0.717) is 23.8 Å². The summed E-state index contributed by atoms with van der Waals surface area (Å²) >= 11 is 0. The van der Waals surface area contributed by atoms with Crippen LogP contribution in [-0.4, -0.2) is 73.0 Å². The van der Waals surface area contributed by atoms with Crippen molar-refractivity contribution in [2.75, 3.05) is 45.9 Å². The van der Waals surface area contributed by atoms with Gasteiger partial charge in [-0.15, -0.1) is 24.0 Å². The Kier molecular flexibility index (Phi) is 12.7. The smallest absolute Gasteiger partial charge is 0.226 e. The third-order valence-corrected chi connectivity index (χ3v) is 4.92. The molecule has 1 unspecified atom stereocenters. The number of ether oxygens (including phenoxy) is 1. The van der Waals surface area contributed by atoms with Crippen LogP contribution in [0.4, 0.5) is 0 Å². The molecule has 2 rings (SSSR count). The summed E-state index contributed by atoms with van der Waals surface area (Å²) in [6.07, 6.45) is 1.69. The number of nitrogens with zero attached hydrogens (tertiary/aromatic N) is 4. The van der Waals surface area contributed by atoms with E-state index in [1.165, 1.54) is 0 Å². The molecule has 168 valence electrons. The summed E-state index contributed by atoms with van der Waals surface area (Å²) in [7, 11) is 0. The second-order valence-electron chi connectivity index (χ2n) is 7.91. The highest BCUT2D eigenvalue weighted by Crippen LogP contribution is 2.13. The normalized spacial score (nSPS) is 16.7. The zero-order valence-electron chi connectivity index (χ0n) is 18.6. The number of guanidine groups is 1. The summed E-state index contributed by atoms with van der Waals surface area (Å²) in [5.41, 5.74) is 0. The van der Waals surface area contributed by atoms with E-state index in [2.05, 4.69) is 60.3 Å². The van der Waals surface area contributed by atoms with Gasteiger partial charge in [-0.05, 0) is 19.3 Å². The molecule has 0 spiro atoms. The molecule has 0 aliphatic carbocycles. The third-order valence-electron chi connectivity index (χ3n) is 4.92. The molecule has 2 N–H and O–H groups in total. The van der Waals surface area contributed by atoms with Gasteiger partial charge in [0.05, 0.1) is 19.8 Å². The van der Waals surface area contributed by atoms with Crippen molar-refractivity contribution in [1.29, 1.82) is 0 Å². The zero-order valence-corrected chi connectivity index (χ0v) is 20.9. The number of hydrogen-bond donors (Lipinski definition) is 2. The van der Waals surface area contributed by atoms with Crippen LogP contribution in [0.15, 0.2) is 9.52 Å². The Balaban J connectivity index is 0.00000420. The predicted molar refractivity (Wildman–Crippen MR) is 127 cm³/mol. The molecule has 0 bridgehead atoms. The molecular weight excluding hydrogens is 483 g/mol. The minimum absolute atomic E-state index is 0. The van der Waals surface area contributed by atoms with Crippen molar-refractivity contribution >= 4 is 29.9 Å². The highest BCUT2D eigenvalue weighted by molar-refractivity contribution is 14.0. The molecule has 8 nitrogen and oxygen atoms in total. The second kappa shape index (κ2) is 14.1. The average molecular weight is 522 g/mol. The average Bonchev–Trinajstić information content (AvgIpc) is 3.15. The first-order valence-electron chi connectivity index (χ1n) is 10.7. The van der Waals surface area contributed by atoms with Gasteiger partial charge < -0.3 is 19.9 Å². The van der Waals surface area contributed by atoms with Crippen molar-refractivity contribution in [3.8, 4) is 0 Å². The van der Waals surface area contributed by atoms with E-state index >= 15 is 0 Å². The maximum absolute atomic E-state index is 5.49. The highest BCUT2D eigenvalue weighted by Gasteiger charge is 2.23. The highest BCUT2D eigenvalue weighted by atomic mass is 127. The molecule has 29 heavy (non-hydrogen) atoms. The topological polar surface area (TPSA) is 87.8 Å². The molecule has 1 aliphatic rings. The maximum atomic E-state index is 5.49. The van der Waals surface area contributed by atoms with Crippen LogP contribution in [0.5, 0.6) is 0 Å². The first kappa shape index (κ1) is 26.1. The van der Waals surface area contributed by atoms with Gasteiger partial charge in [-0.3, -0.25) is 9.89 Å². The molecule has 0 amide bonds. The minimum atomic E-state index is 0. The molecule has 0 aromatic carbocycles.